The second-order valence-corrected chi connectivity index (χ2v) is 6.30. The number of thiazole rings is 1. The maximum atomic E-state index is 5.77. The number of benzene rings is 1. The zero-order valence-corrected chi connectivity index (χ0v) is 11.7. The molecular formula is C13H13BrN2S. The Hall–Kier alpha value is -0.710. The van der Waals surface area contributed by atoms with Gasteiger partial charge in [0.1, 0.15) is 5.01 Å². The molecule has 2 aromatic rings. The maximum Gasteiger partial charge on any atom is 0.123 e. The Morgan fingerprint density at radius 2 is 2.12 bits per heavy atom. The zero-order chi connectivity index (χ0) is 11.8. The molecule has 17 heavy (non-hydrogen) atoms. The largest absolute Gasteiger partial charge is 0.330 e. The van der Waals surface area contributed by atoms with Crippen LogP contribution < -0.4 is 5.73 Å². The summed E-state index contributed by atoms with van der Waals surface area (Å²) in [6, 6.07) is 8.33. The van der Waals surface area contributed by atoms with Gasteiger partial charge in [-0.15, -0.1) is 11.3 Å². The molecule has 1 aromatic carbocycles. The molecule has 0 saturated heterocycles. The molecule has 0 spiro atoms. The third-order valence-corrected chi connectivity index (χ3v) is 4.92. The van der Waals surface area contributed by atoms with Crippen LogP contribution in [0.3, 0.4) is 0 Å². The number of nitrogens with zero attached hydrogens (tertiary/aromatic N) is 1. The van der Waals surface area contributed by atoms with Crippen LogP contribution in [0.4, 0.5) is 0 Å². The van der Waals surface area contributed by atoms with E-state index in [1.807, 2.05) is 11.3 Å². The highest BCUT2D eigenvalue weighted by Crippen LogP contribution is 2.39. The van der Waals surface area contributed by atoms with Crippen LogP contribution in [0.15, 0.2) is 28.7 Å². The molecular weight excluding hydrogens is 296 g/mol. The molecule has 0 bridgehead atoms. The molecule has 0 radical (unpaired) electrons. The fraction of sp³-hybridized carbons (Fsp3) is 0.308. The number of hydrogen-bond acceptors (Lipinski definition) is 3. The molecule has 0 fully saturated rings. The van der Waals surface area contributed by atoms with Gasteiger partial charge in [0, 0.05) is 27.4 Å². The average Bonchev–Trinajstić information content (AvgIpc) is 2.89. The molecule has 1 aliphatic carbocycles. The van der Waals surface area contributed by atoms with Crippen LogP contribution in [0, 0.1) is 0 Å². The Balaban J connectivity index is 1.98. The second kappa shape index (κ2) is 4.52. The van der Waals surface area contributed by atoms with Gasteiger partial charge in [0.15, 0.2) is 0 Å². The molecule has 0 amide bonds. The van der Waals surface area contributed by atoms with Crippen molar-refractivity contribution in [3.05, 3.63) is 39.3 Å². The monoisotopic (exact) mass is 308 g/mol. The molecule has 4 heteroatoms. The second-order valence-electron chi connectivity index (χ2n) is 4.31. The van der Waals surface area contributed by atoms with Crippen LogP contribution in [0.2, 0.25) is 0 Å². The summed E-state index contributed by atoms with van der Waals surface area (Å²) in [6.07, 6.45) is 2.32. The molecule has 1 atom stereocenters. The van der Waals surface area contributed by atoms with Crippen molar-refractivity contribution in [2.24, 2.45) is 5.73 Å². The van der Waals surface area contributed by atoms with Gasteiger partial charge in [-0.2, -0.15) is 0 Å². The van der Waals surface area contributed by atoms with E-state index in [2.05, 4.69) is 40.2 Å². The van der Waals surface area contributed by atoms with Crippen molar-refractivity contribution in [1.82, 2.24) is 4.98 Å². The van der Waals surface area contributed by atoms with E-state index in [1.54, 1.807) is 0 Å². The van der Waals surface area contributed by atoms with E-state index < -0.39 is 0 Å². The molecule has 88 valence electrons. The van der Waals surface area contributed by atoms with Gasteiger partial charge in [-0.05, 0) is 25.0 Å². The molecule has 1 aliphatic rings. The van der Waals surface area contributed by atoms with Crippen molar-refractivity contribution >= 4 is 27.3 Å². The summed E-state index contributed by atoms with van der Waals surface area (Å²) in [7, 11) is 0. The summed E-state index contributed by atoms with van der Waals surface area (Å²) in [4.78, 5) is 6.20. The summed E-state index contributed by atoms with van der Waals surface area (Å²) in [5.41, 5.74) is 8.22. The lowest BCUT2D eigenvalue weighted by Gasteiger charge is -2.03. The summed E-state index contributed by atoms with van der Waals surface area (Å²) in [6.45, 7) is 0.719. The Labute approximate surface area is 113 Å². The minimum Gasteiger partial charge on any atom is -0.330 e. The summed E-state index contributed by atoms with van der Waals surface area (Å²) in [5, 5.41) is 1.13. The Bertz CT molecular complexity index is 533. The first-order chi connectivity index (χ1) is 8.28. The maximum absolute atomic E-state index is 5.77. The molecule has 1 heterocycles. The molecule has 1 aromatic heterocycles. The highest BCUT2D eigenvalue weighted by atomic mass is 79.9. The van der Waals surface area contributed by atoms with Crippen molar-refractivity contribution in [3.8, 4) is 10.6 Å². The predicted molar refractivity (Wildman–Crippen MR) is 75.4 cm³/mol. The summed E-state index contributed by atoms with van der Waals surface area (Å²) in [5.74, 6) is 0.477. The number of rotatable bonds is 2. The van der Waals surface area contributed by atoms with Crippen LogP contribution >= 0.6 is 27.3 Å². The lowest BCUT2D eigenvalue weighted by molar-refractivity contribution is 0.675. The fourth-order valence-corrected chi connectivity index (χ4v) is 3.68. The topological polar surface area (TPSA) is 38.9 Å². The van der Waals surface area contributed by atoms with Gasteiger partial charge in [-0.3, -0.25) is 0 Å². The van der Waals surface area contributed by atoms with Gasteiger partial charge in [0.05, 0.1) is 5.69 Å². The van der Waals surface area contributed by atoms with Gasteiger partial charge in [-0.1, -0.05) is 28.1 Å². The predicted octanol–water partition coefficient (Wildman–Crippen LogP) is 3.56. The first-order valence-electron chi connectivity index (χ1n) is 5.73. The minimum atomic E-state index is 0.477. The van der Waals surface area contributed by atoms with Crippen LogP contribution in [-0.2, 0) is 6.42 Å². The highest BCUT2D eigenvalue weighted by Gasteiger charge is 2.26. The standard InChI is InChI=1S/C13H13BrN2S/c14-10-4-1-8(2-5-10)13-16-12-9(7-15)3-6-11(12)17-13/h1-2,4-5,9H,3,6-7,15H2. The molecule has 2 N–H and O–H groups in total. The fourth-order valence-electron chi connectivity index (χ4n) is 2.25. The number of aryl methyl sites for hydroxylation is 1. The third kappa shape index (κ3) is 2.05. The minimum absolute atomic E-state index is 0.477. The first kappa shape index (κ1) is 11.4. The molecule has 0 saturated carbocycles. The van der Waals surface area contributed by atoms with Crippen LogP contribution in [0.25, 0.3) is 10.6 Å². The number of aromatic nitrogens is 1. The Morgan fingerprint density at radius 3 is 2.82 bits per heavy atom. The quantitative estimate of drug-likeness (QED) is 0.921. The van der Waals surface area contributed by atoms with Crippen molar-refractivity contribution in [3.63, 3.8) is 0 Å². The van der Waals surface area contributed by atoms with Gasteiger partial charge in [0.2, 0.25) is 0 Å². The zero-order valence-electron chi connectivity index (χ0n) is 9.32. The van der Waals surface area contributed by atoms with Crippen molar-refractivity contribution in [1.29, 1.82) is 0 Å². The first-order valence-corrected chi connectivity index (χ1v) is 7.34. The molecule has 3 rings (SSSR count). The lowest BCUT2D eigenvalue weighted by atomic mass is 10.1. The van der Waals surface area contributed by atoms with E-state index in [0.29, 0.717) is 5.92 Å². The van der Waals surface area contributed by atoms with Gasteiger partial charge >= 0.3 is 0 Å². The van der Waals surface area contributed by atoms with E-state index >= 15 is 0 Å². The third-order valence-electron chi connectivity index (χ3n) is 3.21. The lowest BCUT2D eigenvalue weighted by Crippen LogP contribution is -2.09. The van der Waals surface area contributed by atoms with E-state index in [0.717, 1.165) is 22.4 Å². The smallest absolute Gasteiger partial charge is 0.123 e. The van der Waals surface area contributed by atoms with Gasteiger partial charge in [0.25, 0.3) is 0 Å². The van der Waals surface area contributed by atoms with Crippen molar-refractivity contribution in [2.75, 3.05) is 6.54 Å². The van der Waals surface area contributed by atoms with E-state index in [1.165, 1.54) is 22.6 Å². The SMILES string of the molecule is NCC1CCc2sc(-c3ccc(Br)cc3)nc21. The van der Waals surface area contributed by atoms with Gasteiger partial charge in [-0.25, -0.2) is 4.98 Å². The van der Waals surface area contributed by atoms with Crippen LogP contribution in [0.5, 0.6) is 0 Å². The van der Waals surface area contributed by atoms with Crippen LogP contribution in [-0.4, -0.2) is 11.5 Å². The Kier molecular flexibility index (Phi) is 3.03. The number of halogens is 1. The van der Waals surface area contributed by atoms with Gasteiger partial charge < -0.3 is 5.73 Å². The normalized spacial score (nSPS) is 18.4. The Morgan fingerprint density at radius 1 is 1.35 bits per heavy atom. The van der Waals surface area contributed by atoms with Crippen molar-refractivity contribution in [2.45, 2.75) is 18.8 Å². The molecule has 2 nitrogen and oxygen atoms in total. The van der Waals surface area contributed by atoms with E-state index in [9.17, 15) is 0 Å². The number of fused-ring (bicyclic) bond motifs is 1. The molecule has 0 aliphatic heterocycles. The summed E-state index contributed by atoms with van der Waals surface area (Å²) < 4.78 is 1.10. The average molecular weight is 309 g/mol. The molecule has 1 unspecified atom stereocenters. The van der Waals surface area contributed by atoms with E-state index in [-0.39, 0.29) is 0 Å². The van der Waals surface area contributed by atoms with Crippen LogP contribution in [0.1, 0.15) is 22.9 Å². The van der Waals surface area contributed by atoms with Crippen molar-refractivity contribution < 1.29 is 0 Å². The summed E-state index contributed by atoms with van der Waals surface area (Å²) >= 11 is 5.27. The number of nitrogens with two attached hydrogens (primary N) is 1. The van der Waals surface area contributed by atoms with E-state index in [4.69, 9.17) is 10.7 Å². The highest BCUT2D eigenvalue weighted by molar-refractivity contribution is 9.10. The number of hydrogen-bond donors (Lipinski definition) is 1.